The van der Waals surface area contributed by atoms with Crippen molar-refractivity contribution < 1.29 is 0 Å². The van der Waals surface area contributed by atoms with E-state index in [0.717, 1.165) is 78.0 Å². The standard InChI is InChI=1S/C39H56BrN5/c1-9-18-34(29-45-25-15-14-16-26-45)36(40)27-33(13-5)31(7)42-35-23-22-30(6)37(28-35)43-39(20-11-3)44(8)38(19-10-2)32(12-4)21-17-24-41/h13,17-19,21-24,27-28,39,42-43H,1,5,7,10-12,14-16,20,25-26,29,41H2,2-4,6,8H3/b24-17-,32-21+,33-27+,36-34-,38-19-. The van der Waals surface area contributed by atoms with Crippen molar-refractivity contribution in [3.05, 3.63) is 124 Å². The van der Waals surface area contributed by atoms with Gasteiger partial charge in [-0.1, -0.05) is 93.6 Å². The number of likely N-dealkylation sites (N-methyl/N-ethyl adjacent to an activating group) is 1. The first-order chi connectivity index (χ1) is 21.7. The van der Waals surface area contributed by atoms with Crippen LogP contribution in [0.2, 0.25) is 0 Å². The second-order valence-corrected chi connectivity index (χ2v) is 12.3. The van der Waals surface area contributed by atoms with Crippen molar-refractivity contribution in [3.63, 3.8) is 0 Å². The Morgan fingerprint density at radius 3 is 2.53 bits per heavy atom. The molecule has 1 atom stereocenters. The topological polar surface area (TPSA) is 56.6 Å². The minimum atomic E-state index is 0.114. The summed E-state index contributed by atoms with van der Waals surface area (Å²) in [5, 5.41) is 7.38. The zero-order valence-corrected chi connectivity index (χ0v) is 30.0. The minimum Gasteiger partial charge on any atom is -0.405 e. The lowest BCUT2D eigenvalue weighted by atomic mass is 10.1. The molecule has 0 spiro atoms. The predicted octanol–water partition coefficient (Wildman–Crippen LogP) is 10.1. The smallest absolute Gasteiger partial charge is 0.0986 e. The van der Waals surface area contributed by atoms with Gasteiger partial charge in [0.1, 0.15) is 0 Å². The molecule has 1 fully saturated rings. The Morgan fingerprint density at radius 2 is 1.93 bits per heavy atom. The van der Waals surface area contributed by atoms with Crippen molar-refractivity contribution in [2.24, 2.45) is 5.73 Å². The summed E-state index contributed by atoms with van der Waals surface area (Å²) in [4.78, 5) is 4.86. The largest absolute Gasteiger partial charge is 0.405 e. The fourth-order valence-electron chi connectivity index (χ4n) is 5.51. The molecule has 2 rings (SSSR count). The van der Waals surface area contributed by atoms with Crippen LogP contribution in [0.1, 0.15) is 71.3 Å². The Morgan fingerprint density at radius 1 is 1.20 bits per heavy atom. The number of halogens is 1. The van der Waals surface area contributed by atoms with Gasteiger partial charge in [0.25, 0.3) is 0 Å². The van der Waals surface area contributed by atoms with Gasteiger partial charge in [-0.15, -0.1) is 5.73 Å². The van der Waals surface area contributed by atoms with Gasteiger partial charge >= 0.3 is 0 Å². The zero-order valence-electron chi connectivity index (χ0n) is 28.4. The Labute approximate surface area is 282 Å². The van der Waals surface area contributed by atoms with E-state index in [9.17, 15) is 0 Å². The second-order valence-electron chi connectivity index (χ2n) is 11.5. The van der Waals surface area contributed by atoms with E-state index in [1.165, 1.54) is 36.1 Å². The average molecular weight is 675 g/mol. The van der Waals surface area contributed by atoms with E-state index < -0.39 is 0 Å². The van der Waals surface area contributed by atoms with E-state index in [4.69, 9.17) is 5.73 Å². The van der Waals surface area contributed by atoms with Crippen LogP contribution in [-0.4, -0.2) is 42.6 Å². The van der Waals surface area contributed by atoms with E-state index in [1.807, 2.05) is 18.2 Å². The van der Waals surface area contributed by atoms with Crippen molar-refractivity contribution in [3.8, 4) is 0 Å². The summed E-state index contributed by atoms with van der Waals surface area (Å²) < 4.78 is 0.983. The summed E-state index contributed by atoms with van der Waals surface area (Å²) in [6.07, 6.45) is 21.7. The first kappa shape index (κ1) is 37.7. The molecule has 1 unspecified atom stereocenters. The van der Waals surface area contributed by atoms with E-state index in [0.29, 0.717) is 0 Å². The van der Waals surface area contributed by atoms with Gasteiger partial charge in [0.05, 0.1) is 6.17 Å². The molecule has 1 aromatic rings. The van der Waals surface area contributed by atoms with Crippen molar-refractivity contribution in [2.75, 3.05) is 37.3 Å². The Hall–Kier alpha value is -3.44. The first-order valence-corrected chi connectivity index (χ1v) is 17.2. The van der Waals surface area contributed by atoms with Crippen LogP contribution in [0.4, 0.5) is 11.4 Å². The molecule has 4 N–H and O–H groups in total. The highest BCUT2D eigenvalue weighted by Crippen LogP contribution is 2.29. The Kier molecular flexibility index (Phi) is 17.2. The highest BCUT2D eigenvalue weighted by atomic mass is 79.9. The molecule has 45 heavy (non-hydrogen) atoms. The maximum Gasteiger partial charge on any atom is 0.0986 e. The van der Waals surface area contributed by atoms with Crippen LogP contribution in [-0.2, 0) is 0 Å². The molecule has 1 aliphatic rings. The highest BCUT2D eigenvalue weighted by Gasteiger charge is 2.19. The molecule has 6 heteroatoms. The number of rotatable bonds is 18. The van der Waals surface area contributed by atoms with Gasteiger partial charge in [0.15, 0.2) is 0 Å². The van der Waals surface area contributed by atoms with Gasteiger partial charge in [0.2, 0.25) is 0 Å². The molecule has 0 aromatic heterocycles. The van der Waals surface area contributed by atoms with Crippen LogP contribution in [0.3, 0.4) is 0 Å². The van der Waals surface area contributed by atoms with Crippen LogP contribution in [0, 0.1) is 6.92 Å². The number of benzene rings is 1. The normalized spacial score (nSPS) is 16.1. The predicted molar refractivity (Wildman–Crippen MR) is 202 cm³/mol. The molecule has 1 aliphatic heterocycles. The number of nitrogens with two attached hydrogens (primary N) is 1. The average Bonchev–Trinajstić information content (AvgIpc) is 3.04. The number of hydrogen-bond acceptors (Lipinski definition) is 5. The molecular weight excluding hydrogens is 618 g/mol. The number of anilines is 2. The molecule has 244 valence electrons. The van der Waals surface area contributed by atoms with Crippen LogP contribution in [0.15, 0.2) is 119 Å². The third-order valence-corrected chi connectivity index (χ3v) is 8.79. The van der Waals surface area contributed by atoms with Crippen molar-refractivity contribution >= 4 is 27.3 Å². The van der Waals surface area contributed by atoms with E-state index >= 15 is 0 Å². The molecule has 5 nitrogen and oxygen atoms in total. The summed E-state index contributed by atoms with van der Waals surface area (Å²) in [5.74, 6) is 0. The van der Waals surface area contributed by atoms with Crippen LogP contribution < -0.4 is 16.4 Å². The molecule has 0 aliphatic carbocycles. The third-order valence-electron chi connectivity index (χ3n) is 8.06. The number of aryl methyl sites for hydroxylation is 1. The lowest BCUT2D eigenvalue weighted by Crippen LogP contribution is -2.38. The minimum absolute atomic E-state index is 0.114. The fourth-order valence-corrected chi connectivity index (χ4v) is 5.99. The highest BCUT2D eigenvalue weighted by molar-refractivity contribution is 9.11. The van der Waals surface area contributed by atoms with Gasteiger partial charge in [-0.25, -0.2) is 0 Å². The molecule has 1 aromatic carbocycles. The third kappa shape index (κ3) is 12.1. The lowest BCUT2D eigenvalue weighted by Gasteiger charge is -2.35. The number of likely N-dealkylation sites (tertiary alicyclic amines) is 1. The first-order valence-electron chi connectivity index (χ1n) is 16.4. The molecular formula is C39H56BrN5. The van der Waals surface area contributed by atoms with Crippen molar-refractivity contribution in [2.45, 2.75) is 78.8 Å². The van der Waals surface area contributed by atoms with Crippen molar-refractivity contribution in [1.82, 2.24) is 9.80 Å². The summed E-state index contributed by atoms with van der Waals surface area (Å²) in [7, 11) is 2.18. The van der Waals surface area contributed by atoms with E-state index in [-0.39, 0.29) is 6.17 Å². The molecule has 0 saturated carbocycles. The summed E-state index contributed by atoms with van der Waals surface area (Å²) in [5.41, 5.74) is 17.2. The van der Waals surface area contributed by atoms with Crippen LogP contribution in [0.5, 0.6) is 0 Å². The maximum absolute atomic E-state index is 5.66. The number of hydrogen-bond donors (Lipinski definition) is 3. The molecule has 1 saturated heterocycles. The number of allylic oxidation sites excluding steroid dienone is 7. The van der Waals surface area contributed by atoms with Crippen LogP contribution in [0.25, 0.3) is 0 Å². The van der Waals surface area contributed by atoms with Gasteiger partial charge in [-0.3, -0.25) is 4.90 Å². The van der Waals surface area contributed by atoms with Gasteiger partial charge in [0, 0.05) is 40.8 Å². The molecule has 0 amide bonds. The van der Waals surface area contributed by atoms with Gasteiger partial charge in [-0.2, -0.15) is 0 Å². The molecule has 1 heterocycles. The van der Waals surface area contributed by atoms with Crippen molar-refractivity contribution in [1.29, 1.82) is 0 Å². The van der Waals surface area contributed by atoms with E-state index in [2.05, 4.69) is 133 Å². The zero-order chi connectivity index (χ0) is 33.2. The summed E-state index contributed by atoms with van der Waals surface area (Å²) in [6.45, 7) is 24.1. The Balaban J connectivity index is 2.33. The SMILES string of the molecule is C=C=C/C(CN1CCCCC1)=C(Br)\C=C(/C=C)C(=C)Nc1ccc(C)c(NC(CCC)N(C)C(=C\CC)/C(=C/C=C\N)CC)c1. The fraction of sp³-hybridized carbons (Fsp3) is 0.410. The summed E-state index contributed by atoms with van der Waals surface area (Å²) >= 11 is 3.82. The molecule has 0 bridgehead atoms. The van der Waals surface area contributed by atoms with Gasteiger partial charge in [-0.05, 0) is 111 Å². The maximum atomic E-state index is 5.66. The number of nitrogens with one attached hydrogen (secondary N) is 2. The quantitative estimate of drug-likeness (QED) is 0.0822. The lowest BCUT2D eigenvalue weighted by molar-refractivity contribution is 0.248. The van der Waals surface area contributed by atoms with Gasteiger partial charge < -0.3 is 21.3 Å². The Bertz CT molecular complexity index is 1330. The number of nitrogens with zero attached hydrogens (tertiary/aromatic N) is 2. The molecule has 0 radical (unpaired) electrons. The monoisotopic (exact) mass is 673 g/mol. The van der Waals surface area contributed by atoms with Crippen LogP contribution >= 0.6 is 15.9 Å². The summed E-state index contributed by atoms with van der Waals surface area (Å²) in [6, 6.07) is 6.41. The second kappa shape index (κ2) is 20.6. The van der Waals surface area contributed by atoms with E-state index in [1.54, 1.807) is 6.20 Å². The number of piperidine rings is 1.